The average molecular weight is 506 g/mol. The minimum Gasteiger partial charge on any atom is -0.548 e. The summed E-state index contributed by atoms with van der Waals surface area (Å²) in [5.41, 5.74) is -0.230. The minimum absolute atomic E-state index is 0. The van der Waals surface area contributed by atoms with Crippen LogP contribution in [-0.2, 0) is 9.59 Å². The van der Waals surface area contributed by atoms with Gasteiger partial charge in [0.15, 0.2) is 0 Å². The van der Waals surface area contributed by atoms with Gasteiger partial charge in [0, 0.05) is 6.42 Å². The first-order valence-corrected chi connectivity index (χ1v) is 13.0. The Morgan fingerprint density at radius 2 is 1.74 bits per heavy atom. The third-order valence-electron chi connectivity index (χ3n) is 10.8. The van der Waals surface area contributed by atoms with Crippen molar-refractivity contribution < 1.29 is 65.0 Å². The smallest absolute Gasteiger partial charge is 0.548 e. The summed E-state index contributed by atoms with van der Waals surface area (Å²) in [5.74, 6) is -0.0789. The number of nitrogens with one attached hydrogen (secondary N) is 1. The maximum atomic E-state index is 12.0. The van der Waals surface area contributed by atoms with Gasteiger partial charge < -0.3 is 36.0 Å². The minimum atomic E-state index is -1.29. The number of carbonyl (C=O) groups excluding carboxylic acids is 2. The molecule has 0 saturated heterocycles. The Labute approximate surface area is 231 Å². The molecule has 0 aromatic heterocycles. The zero-order valence-corrected chi connectivity index (χ0v) is 23.8. The number of fused-ring (bicyclic) bond motifs is 5. The van der Waals surface area contributed by atoms with Crippen molar-refractivity contribution in [1.82, 2.24) is 5.32 Å². The molecule has 8 nitrogen and oxygen atoms in total. The van der Waals surface area contributed by atoms with E-state index < -0.39 is 18.6 Å². The molecule has 4 aliphatic carbocycles. The van der Waals surface area contributed by atoms with Crippen molar-refractivity contribution in [3.8, 4) is 0 Å². The zero-order valence-electron chi connectivity index (χ0n) is 21.8. The molecular weight excluding hydrogens is 461 g/mol. The number of hydrogen-bond donors (Lipinski definition) is 4. The van der Waals surface area contributed by atoms with Gasteiger partial charge in [0.25, 0.3) is 0 Å². The molecular formula is C26H44NNaO7. The molecule has 0 aromatic rings. The standard InChI is InChI=1S/C26H43NO6.Na.H2O/c1-14(4-7-22(31)27-13-23(32)33)17-5-6-18-24-19(12-21(30)26(17,18)3)25(2)9-8-16(28)10-15(25)11-20(24)29;;/h14-21,24,28-30H,4-13H2,1-3H3,(H,27,31)(H,32,33);;1H2/q;+1;/p-1/t14-,15?,16?,17?,18?,19?,20?,21?,24?,25?,26?;;/m0../s1. The van der Waals surface area contributed by atoms with Crippen LogP contribution in [0.25, 0.3) is 0 Å². The van der Waals surface area contributed by atoms with Gasteiger partial charge in [0.05, 0.1) is 30.8 Å². The van der Waals surface area contributed by atoms with Crippen LogP contribution < -0.4 is 40.0 Å². The van der Waals surface area contributed by atoms with E-state index in [1.807, 2.05) is 0 Å². The number of aliphatic hydroxyl groups is 3. The Morgan fingerprint density at radius 3 is 2.40 bits per heavy atom. The van der Waals surface area contributed by atoms with Crippen LogP contribution in [0, 0.1) is 46.3 Å². The summed E-state index contributed by atoms with van der Waals surface area (Å²) in [4.78, 5) is 22.6. The Bertz CT molecular complexity index is 768. The molecule has 11 atom stereocenters. The molecule has 9 heteroatoms. The van der Waals surface area contributed by atoms with Crippen molar-refractivity contribution >= 4 is 11.9 Å². The number of carboxylic acid groups (broad SMARTS) is 1. The fraction of sp³-hybridized carbons (Fsp3) is 0.923. The van der Waals surface area contributed by atoms with Crippen molar-refractivity contribution in [3.05, 3.63) is 0 Å². The van der Waals surface area contributed by atoms with Crippen LogP contribution in [0.2, 0.25) is 0 Å². The van der Waals surface area contributed by atoms with Crippen LogP contribution in [0.5, 0.6) is 0 Å². The van der Waals surface area contributed by atoms with E-state index in [1.54, 1.807) is 0 Å². The van der Waals surface area contributed by atoms with Crippen LogP contribution >= 0.6 is 0 Å². The summed E-state index contributed by atoms with van der Waals surface area (Å²) in [6.45, 7) is 6.21. The molecule has 196 valence electrons. The van der Waals surface area contributed by atoms with Crippen LogP contribution in [0.15, 0.2) is 0 Å². The first kappa shape index (κ1) is 31.0. The van der Waals surface area contributed by atoms with Gasteiger partial charge in [-0.2, -0.15) is 0 Å². The van der Waals surface area contributed by atoms with Crippen LogP contribution in [0.3, 0.4) is 0 Å². The molecule has 0 heterocycles. The molecule has 0 aliphatic heterocycles. The molecule has 1 amide bonds. The molecule has 10 unspecified atom stereocenters. The Balaban J connectivity index is 0.00000216. The van der Waals surface area contributed by atoms with Gasteiger partial charge in [-0.3, -0.25) is 4.79 Å². The number of rotatable bonds is 6. The van der Waals surface area contributed by atoms with Gasteiger partial charge in [-0.15, -0.1) is 0 Å². The normalized spacial score (nSPS) is 45.0. The van der Waals surface area contributed by atoms with E-state index in [9.17, 15) is 30.0 Å². The largest absolute Gasteiger partial charge is 1.00 e. The van der Waals surface area contributed by atoms with E-state index in [0.29, 0.717) is 18.8 Å². The van der Waals surface area contributed by atoms with Gasteiger partial charge in [-0.1, -0.05) is 20.8 Å². The number of carbonyl (C=O) groups is 2. The molecule has 6 N–H and O–H groups in total. The van der Waals surface area contributed by atoms with E-state index >= 15 is 0 Å². The number of amides is 1. The van der Waals surface area contributed by atoms with Crippen molar-refractivity contribution in [2.24, 2.45) is 46.3 Å². The SMILES string of the molecule is C[C@@H](CCC(=O)NCC(=O)[O-])C1CCC2C3C(O)CC4CC(O)CCC4(C)C3CC(O)C21C.O.[Na+]. The summed E-state index contributed by atoms with van der Waals surface area (Å²) >= 11 is 0. The molecule has 0 aromatic carbocycles. The summed E-state index contributed by atoms with van der Waals surface area (Å²) in [6.07, 6.45) is 5.75. The fourth-order valence-corrected chi connectivity index (χ4v) is 8.95. The van der Waals surface area contributed by atoms with E-state index in [1.165, 1.54) is 0 Å². The van der Waals surface area contributed by atoms with Gasteiger partial charge in [0.2, 0.25) is 5.91 Å². The molecule has 4 rings (SSSR count). The second kappa shape index (κ2) is 11.7. The second-order valence-electron chi connectivity index (χ2n) is 12.2. The molecule has 35 heavy (non-hydrogen) atoms. The fourth-order valence-electron chi connectivity index (χ4n) is 8.95. The Morgan fingerprint density at radius 1 is 1.06 bits per heavy atom. The molecule has 4 saturated carbocycles. The number of aliphatic hydroxyl groups excluding tert-OH is 3. The molecule has 0 bridgehead atoms. The van der Waals surface area contributed by atoms with Gasteiger partial charge >= 0.3 is 29.6 Å². The molecule has 4 fully saturated rings. The van der Waals surface area contributed by atoms with E-state index in [4.69, 9.17) is 0 Å². The molecule has 0 radical (unpaired) electrons. The second-order valence-corrected chi connectivity index (χ2v) is 12.2. The first-order chi connectivity index (χ1) is 15.5. The van der Waals surface area contributed by atoms with Crippen molar-refractivity contribution in [1.29, 1.82) is 0 Å². The summed E-state index contributed by atoms with van der Waals surface area (Å²) in [7, 11) is 0. The quantitative estimate of drug-likeness (QED) is 0.290. The first-order valence-electron chi connectivity index (χ1n) is 13.0. The van der Waals surface area contributed by atoms with Crippen LogP contribution in [-0.4, -0.2) is 57.5 Å². The van der Waals surface area contributed by atoms with E-state index in [-0.39, 0.29) is 100.0 Å². The van der Waals surface area contributed by atoms with Crippen molar-refractivity contribution in [2.75, 3.05) is 6.54 Å². The van der Waals surface area contributed by atoms with Crippen molar-refractivity contribution in [2.45, 2.75) is 96.9 Å². The van der Waals surface area contributed by atoms with Gasteiger partial charge in [-0.05, 0) is 97.7 Å². The Kier molecular flexibility index (Phi) is 10.3. The monoisotopic (exact) mass is 505 g/mol. The third kappa shape index (κ3) is 5.50. The number of hydrogen-bond acceptors (Lipinski definition) is 6. The summed E-state index contributed by atoms with van der Waals surface area (Å²) in [5, 5.41) is 46.1. The topological polar surface area (TPSA) is 161 Å². The average Bonchev–Trinajstić information content (AvgIpc) is 3.11. The number of carboxylic acids is 1. The van der Waals surface area contributed by atoms with E-state index in [2.05, 4.69) is 26.1 Å². The summed E-state index contributed by atoms with van der Waals surface area (Å²) < 4.78 is 0. The third-order valence-corrected chi connectivity index (χ3v) is 10.8. The zero-order chi connectivity index (χ0) is 24.1. The van der Waals surface area contributed by atoms with Crippen LogP contribution in [0.1, 0.15) is 78.6 Å². The maximum Gasteiger partial charge on any atom is 1.00 e. The Hall–Kier alpha value is -0.220. The van der Waals surface area contributed by atoms with E-state index in [0.717, 1.165) is 38.5 Å². The van der Waals surface area contributed by atoms with Crippen LogP contribution in [0.4, 0.5) is 0 Å². The van der Waals surface area contributed by atoms with Gasteiger partial charge in [-0.25, -0.2) is 0 Å². The predicted octanol–water partition coefficient (Wildman–Crippen LogP) is -2.59. The van der Waals surface area contributed by atoms with Gasteiger partial charge in [0.1, 0.15) is 0 Å². The molecule has 0 spiro atoms. The molecule has 4 aliphatic rings. The summed E-state index contributed by atoms with van der Waals surface area (Å²) in [6, 6.07) is 0. The van der Waals surface area contributed by atoms with Crippen molar-refractivity contribution in [3.63, 3.8) is 0 Å². The predicted molar refractivity (Wildman–Crippen MR) is 124 cm³/mol. The maximum absolute atomic E-state index is 12.0. The number of aliphatic carboxylic acids is 1.